The third kappa shape index (κ3) is 5.69. The van der Waals surface area contributed by atoms with Crippen molar-refractivity contribution in [3.63, 3.8) is 0 Å². The molecule has 0 bridgehead atoms. The lowest BCUT2D eigenvalue weighted by molar-refractivity contribution is -0.130. The number of hydrogen-bond acceptors (Lipinski definition) is 4. The van der Waals surface area contributed by atoms with E-state index in [-0.39, 0.29) is 11.8 Å². The molecule has 3 atom stereocenters. The van der Waals surface area contributed by atoms with Crippen molar-refractivity contribution in [2.45, 2.75) is 46.2 Å². The first-order valence-electron chi connectivity index (χ1n) is 6.36. The van der Waals surface area contributed by atoms with Crippen LogP contribution in [0.3, 0.4) is 0 Å². The van der Waals surface area contributed by atoms with E-state index in [0.29, 0.717) is 0 Å². The van der Waals surface area contributed by atoms with Gasteiger partial charge in [0.25, 0.3) is 5.91 Å². The second-order valence-corrected chi connectivity index (χ2v) is 5.00. The fourth-order valence-corrected chi connectivity index (χ4v) is 1.50. The van der Waals surface area contributed by atoms with E-state index in [4.69, 9.17) is 11.5 Å². The average molecular weight is 272 g/mol. The molecular formula is C12H24N4O3. The summed E-state index contributed by atoms with van der Waals surface area (Å²) < 4.78 is 0. The van der Waals surface area contributed by atoms with Gasteiger partial charge >= 0.3 is 6.03 Å². The lowest BCUT2D eigenvalue weighted by Gasteiger charge is -2.24. The number of hydrogen-bond donors (Lipinski definition) is 4. The number of carbonyl (C=O) groups is 3. The van der Waals surface area contributed by atoms with Gasteiger partial charge in [-0.25, -0.2) is 4.79 Å². The topological polar surface area (TPSA) is 127 Å². The highest BCUT2D eigenvalue weighted by Crippen LogP contribution is 2.07. The minimum Gasteiger partial charge on any atom is -0.351 e. The van der Waals surface area contributed by atoms with Crippen LogP contribution in [0.4, 0.5) is 4.79 Å². The Bertz CT molecular complexity index is 344. The Kier molecular flexibility index (Phi) is 7.06. The number of nitrogens with one attached hydrogen (secondary N) is 2. The second kappa shape index (κ2) is 7.73. The van der Waals surface area contributed by atoms with Gasteiger partial charge in [0.1, 0.15) is 6.04 Å². The van der Waals surface area contributed by atoms with Gasteiger partial charge in [-0.3, -0.25) is 14.9 Å². The van der Waals surface area contributed by atoms with Crippen LogP contribution in [-0.2, 0) is 9.59 Å². The molecule has 0 spiro atoms. The number of primary amides is 1. The molecule has 0 rings (SSSR count). The van der Waals surface area contributed by atoms with Gasteiger partial charge in [0.05, 0.1) is 6.04 Å². The summed E-state index contributed by atoms with van der Waals surface area (Å²) in [7, 11) is 0. The number of carbonyl (C=O) groups excluding carboxylic acids is 3. The van der Waals surface area contributed by atoms with E-state index in [0.717, 1.165) is 6.42 Å². The third-order valence-electron chi connectivity index (χ3n) is 3.05. The zero-order valence-corrected chi connectivity index (χ0v) is 11.9. The van der Waals surface area contributed by atoms with Crippen molar-refractivity contribution in [2.24, 2.45) is 23.3 Å². The number of nitrogens with two attached hydrogens (primary N) is 2. The van der Waals surface area contributed by atoms with Crippen molar-refractivity contribution >= 4 is 17.8 Å². The molecule has 0 aliphatic carbocycles. The molecule has 0 aliphatic heterocycles. The molecule has 4 amide bonds. The Hall–Kier alpha value is -1.63. The maximum Gasteiger partial charge on any atom is 0.318 e. The molecule has 6 N–H and O–H groups in total. The first kappa shape index (κ1) is 17.4. The predicted molar refractivity (Wildman–Crippen MR) is 71.9 cm³/mol. The molecule has 0 unspecified atom stereocenters. The summed E-state index contributed by atoms with van der Waals surface area (Å²) in [5, 5.41) is 4.51. The van der Waals surface area contributed by atoms with Crippen LogP contribution in [0.5, 0.6) is 0 Å². The van der Waals surface area contributed by atoms with Gasteiger partial charge in [-0.2, -0.15) is 0 Å². The van der Waals surface area contributed by atoms with Gasteiger partial charge in [0.2, 0.25) is 5.91 Å². The van der Waals surface area contributed by atoms with Gasteiger partial charge in [0.15, 0.2) is 0 Å². The number of urea groups is 1. The first-order valence-corrected chi connectivity index (χ1v) is 6.36. The van der Waals surface area contributed by atoms with Crippen molar-refractivity contribution in [1.82, 2.24) is 10.6 Å². The maximum absolute atomic E-state index is 11.9. The molecule has 0 aromatic rings. The van der Waals surface area contributed by atoms with Gasteiger partial charge in [-0.05, 0) is 11.8 Å². The molecule has 110 valence electrons. The standard InChI is InChI=1S/C12H24N4O3/c1-5-7(4)8(13)10(17)15-9(6(2)3)11(18)16-12(14)19/h6-9H,5,13H2,1-4H3,(H,15,17)(H3,14,16,18,19)/t7-,8-,9-/m0/s1. The Balaban J connectivity index is 4.72. The largest absolute Gasteiger partial charge is 0.351 e. The maximum atomic E-state index is 11.9. The molecule has 0 aromatic carbocycles. The molecule has 0 saturated heterocycles. The van der Waals surface area contributed by atoms with Crippen LogP contribution in [0, 0.1) is 11.8 Å². The molecule has 0 saturated carbocycles. The van der Waals surface area contributed by atoms with Crippen molar-refractivity contribution in [1.29, 1.82) is 0 Å². The molecule has 0 radical (unpaired) electrons. The average Bonchev–Trinajstić information content (AvgIpc) is 2.32. The third-order valence-corrected chi connectivity index (χ3v) is 3.05. The lowest BCUT2D eigenvalue weighted by atomic mass is 9.97. The van der Waals surface area contributed by atoms with Crippen LogP contribution < -0.4 is 22.1 Å². The fraction of sp³-hybridized carbons (Fsp3) is 0.750. The number of amides is 4. The van der Waals surface area contributed by atoms with Crippen LogP contribution in [-0.4, -0.2) is 29.9 Å². The highest BCUT2D eigenvalue weighted by molar-refractivity contribution is 5.98. The van der Waals surface area contributed by atoms with Crippen molar-refractivity contribution in [3.05, 3.63) is 0 Å². The number of imide groups is 1. The summed E-state index contributed by atoms with van der Waals surface area (Å²) in [6.07, 6.45) is 0.758. The predicted octanol–water partition coefficient (Wildman–Crippen LogP) is -0.304. The number of rotatable bonds is 6. The van der Waals surface area contributed by atoms with E-state index >= 15 is 0 Å². The summed E-state index contributed by atoms with van der Waals surface area (Å²) in [6, 6.07) is -2.47. The summed E-state index contributed by atoms with van der Waals surface area (Å²) in [5.41, 5.74) is 10.7. The molecule has 0 fully saturated rings. The van der Waals surface area contributed by atoms with Crippen LogP contribution in [0.15, 0.2) is 0 Å². The minimum atomic E-state index is -0.948. The highest BCUT2D eigenvalue weighted by atomic mass is 16.2. The Labute approximate surface area is 113 Å². The highest BCUT2D eigenvalue weighted by Gasteiger charge is 2.28. The summed E-state index contributed by atoms with van der Waals surface area (Å²) in [4.78, 5) is 34.3. The SMILES string of the molecule is CC[C@H](C)[C@H](N)C(=O)N[C@H](C(=O)NC(N)=O)C(C)C. The molecule has 0 aromatic heterocycles. The molecule has 7 heteroatoms. The van der Waals surface area contributed by atoms with Crippen LogP contribution >= 0.6 is 0 Å². The van der Waals surface area contributed by atoms with E-state index < -0.39 is 29.9 Å². The first-order chi connectivity index (χ1) is 8.70. The Morgan fingerprint density at radius 1 is 1.11 bits per heavy atom. The molecule has 0 aliphatic rings. The monoisotopic (exact) mass is 272 g/mol. The summed E-state index contributed by atoms with van der Waals surface area (Å²) >= 11 is 0. The van der Waals surface area contributed by atoms with Crippen molar-refractivity contribution in [2.75, 3.05) is 0 Å². The molecule has 7 nitrogen and oxygen atoms in total. The molecule has 0 heterocycles. The Morgan fingerprint density at radius 3 is 2.00 bits per heavy atom. The fourth-order valence-electron chi connectivity index (χ4n) is 1.50. The summed E-state index contributed by atoms with van der Waals surface area (Å²) in [5.74, 6) is -1.22. The van der Waals surface area contributed by atoms with Crippen LogP contribution in [0.1, 0.15) is 34.1 Å². The van der Waals surface area contributed by atoms with E-state index in [2.05, 4.69) is 5.32 Å². The molecular weight excluding hydrogens is 248 g/mol. The molecule has 19 heavy (non-hydrogen) atoms. The van der Waals surface area contributed by atoms with Crippen LogP contribution in [0.2, 0.25) is 0 Å². The van der Waals surface area contributed by atoms with Gasteiger partial charge in [-0.15, -0.1) is 0 Å². The zero-order chi connectivity index (χ0) is 15.2. The second-order valence-electron chi connectivity index (χ2n) is 5.00. The Morgan fingerprint density at radius 2 is 1.63 bits per heavy atom. The van der Waals surface area contributed by atoms with E-state index in [9.17, 15) is 14.4 Å². The summed E-state index contributed by atoms with van der Waals surface area (Å²) in [6.45, 7) is 7.29. The van der Waals surface area contributed by atoms with Crippen molar-refractivity contribution < 1.29 is 14.4 Å². The van der Waals surface area contributed by atoms with Crippen molar-refractivity contribution in [3.8, 4) is 0 Å². The van der Waals surface area contributed by atoms with Crippen LogP contribution in [0.25, 0.3) is 0 Å². The lowest BCUT2D eigenvalue weighted by Crippen LogP contribution is -2.56. The quantitative estimate of drug-likeness (QED) is 0.529. The minimum absolute atomic E-state index is 0.00649. The van der Waals surface area contributed by atoms with E-state index in [1.807, 2.05) is 19.2 Å². The van der Waals surface area contributed by atoms with Gasteiger partial charge in [-0.1, -0.05) is 34.1 Å². The van der Waals surface area contributed by atoms with Gasteiger partial charge in [0, 0.05) is 0 Å². The zero-order valence-electron chi connectivity index (χ0n) is 11.9. The normalized spacial score (nSPS) is 15.5. The van der Waals surface area contributed by atoms with E-state index in [1.165, 1.54) is 0 Å². The van der Waals surface area contributed by atoms with Gasteiger partial charge < -0.3 is 16.8 Å². The van der Waals surface area contributed by atoms with E-state index in [1.54, 1.807) is 13.8 Å². The smallest absolute Gasteiger partial charge is 0.318 e.